The van der Waals surface area contributed by atoms with Crippen LogP contribution < -0.4 is 0 Å². The van der Waals surface area contributed by atoms with Gasteiger partial charge in [0, 0.05) is 11.5 Å². The molecule has 0 aliphatic rings. The van der Waals surface area contributed by atoms with E-state index < -0.39 is 5.60 Å². The average Bonchev–Trinajstić information content (AvgIpc) is 2.65. The Labute approximate surface area is 123 Å². The van der Waals surface area contributed by atoms with Crippen LogP contribution in [0.25, 0.3) is 10.2 Å². The highest BCUT2D eigenvalue weighted by Gasteiger charge is 2.30. The van der Waals surface area contributed by atoms with E-state index in [0.717, 1.165) is 16.6 Å². The van der Waals surface area contributed by atoms with Gasteiger partial charge in [-0.05, 0) is 39.7 Å². The van der Waals surface area contributed by atoms with Gasteiger partial charge in [-0.1, -0.05) is 18.5 Å². The minimum Gasteiger partial charge on any atom is -0.368 e. The highest BCUT2D eigenvalue weighted by molar-refractivity contribution is 7.18. The van der Waals surface area contributed by atoms with Crippen LogP contribution in [0.4, 0.5) is 0 Å². The predicted octanol–water partition coefficient (Wildman–Crippen LogP) is 4.62. The van der Waals surface area contributed by atoms with Crippen molar-refractivity contribution in [3.8, 4) is 0 Å². The molecule has 0 bridgehead atoms. The van der Waals surface area contributed by atoms with E-state index in [1.165, 1.54) is 10.4 Å². The Bertz CT molecular complexity index is 611. The number of rotatable bonds is 4. The van der Waals surface area contributed by atoms with Crippen LogP contribution in [-0.4, -0.2) is 16.6 Å². The van der Waals surface area contributed by atoms with E-state index >= 15 is 0 Å². The van der Waals surface area contributed by atoms with Crippen molar-refractivity contribution < 1.29 is 4.74 Å². The smallest absolute Gasteiger partial charge is 0.163 e. The van der Waals surface area contributed by atoms with Crippen molar-refractivity contribution in [3.63, 3.8) is 0 Å². The molecule has 0 amide bonds. The fraction of sp³-hybridized carbons (Fsp3) is 0.571. The number of thiophene rings is 1. The van der Waals surface area contributed by atoms with Crippen LogP contribution in [0, 0.1) is 13.8 Å². The molecule has 0 saturated carbocycles. The highest BCUT2D eigenvalue weighted by atomic mass is 35.5. The summed E-state index contributed by atoms with van der Waals surface area (Å²) < 4.78 is 5.83. The molecule has 0 N–H and O–H groups in total. The number of nitrogens with zero attached hydrogens (tertiary/aromatic N) is 2. The topological polar surface area (TPSA) is 35.0 Å². The van der Waals surface area contributed by atoms with Crippen LogP contribution in [0.3, 0.4) is 0 Å². The van der Waals surface area contributed by atoms with Gasteiger partial charge in [0.25, 0.3) is 0 Å². The monoisotopic (exact) mass is 298 g/mol. The van der Waals surface area contributed by atoms with Crippen molar-refractivity contribution in [1.82, 2.24) is 9.97 Å². The van der Waals surface area contributed by atoms with Crippen molar-refractivity contribution in [2.24, 2.45) is 0 Å². The first kappa shape index (κ1) is 14.7. The second-order valence-electron chi connectivity index (χ2n) is 4.82. The zero-order chi connectivity index (χ0) is 14.2. The summed E-state index contributed by atoms with van der Waals surface area (Å²) in [5.74, 6) is 0.676. The maximum absolute atomic E-state index is 6.34. The van der Waals surface area contributed by atoms with Crippen molar-refractivity contribution in [1.29, 1.82) is 0 Å². The van der Waals surface area contributed by atoms with Crippen molar-refractivity contribution in [3.05, 3.63) is 21.4 Å². The van der Waals surface area contributed by atoms with Gasteiger partial charge in [-0.2, -0.15) is 0 Å². The number of halogens is 1. The molecule has 0 spiro atoms. The van der Waals surface area contributed by atoms with Crippen LogP contribution in [0.5, 0.6) is 0 Å². The first-order valence-electron chi connectivity index (χ1n) is 6.50. The summed E-state index contributed by atoms with van der Waals surface area (Å²) in [6.45, 7) is 10.8. The molecule has 0 saturated heterocycles. The van der Waals surface area contributed by atoms with Crippen LogP contribution in [0.2, 0.25) is 5.15 Å². The average molecular weight is 299 g/mol. The first-order chi connectivity index (χ1) is 8.92. The van der Waals surface area contributed by atoms with Crippen LogP contribution in [0.1, 0.15) is 43.5 Å². The summed E-state index contributed by atoms with van der Waals surface area (Å²) in [7, 11) is 0. The Hall–Kier alpha value is -0.710. The Kier molecular flexibility index (Phi) is 4.14. The molecular formula is C14H19ClN2OS. The highest BCUT2D eigenvalue weighted by Crippen LogP contribution is 2.36. The third-order valence-electron chi connectivity index (χ3n) is 3.60. The van der Waals surface area contributed by atoms with Crippen LogP contribution in [-0.2, 0) is 10.3 Å². The molecule has 2 rings (SSSR count). The Balaban J connectivity index is 2.63. The van der Waals surface area contributed by atoms with Crippen molar-refractivity contribution in [2.45, 2.75) is 46.6 Å². The SMILES string of the molecule is CCOC(C)(CC)c1nc(Cl)c2c(C)c(C)sc2n1. The van der Waals surface area contributed by atoms with Gasteiger partial charge in [0.1, 0.15) is 15.6 Å². The summed E-state index contributed by atoms with van der Waals surface area (Å²) >= 11 is 8.00. The van der Waals surface area contributed by atoms with E-state index in [-0.39, 0.29) is 0 Å². The molecule has 104 valence electrons. The molecular weight excluding hydrogens is 280 g/mol. The minimum atomic E-state index is -0.474. The quantitative estimate of drug-likeness (QED) is 0.772. The van der Waals surface area contributed by atoms with Gasteiger partial charge in [0.15, 0.2) is 5.82 Å². The van der Waals surface area contributed by atoms with Gasteiger partial charge in [-0.15, -0.1) is 11.3 Å². The Morgan fingerprint density at radius 3 is 2.53 bits per heavy atom. The molecule has 19 heavy (non-hydrogen) atoms. The van der Waals surface area contributed by atoms with Crippen LogP contribution in [0.15, 0.2) is 0 Å². The summed E-state index contributed by atoms with van der Waals surface area (Å²) in [4.78, 5) is 11.3. The second-order valence-corrected chi connectivity index (χ2v) is 6.38. The van der Waals surface area contributed by atoms with Gasteiger partial charge in [0.05, 0.1) is 5.39 Å². The number of hydrogen-bond donors (Lipinski definition) is 0. The first-order valence-corrected chi connectivity index (χ1v) is 7.70. The normalized spacial score (nSPS) is 14.8. The fourth-order valence-electron chi connectivity index (χ4n) is 2.08. The lowest BCUT2D eigenvalue weighted by molar-refractivity contribution is -0.0387. The lowest BCUT2D eigenvalue weighted by atomic mass is 10.0. The van der Waals surface area contributed by atoms with Gasteiger partial charge < -0.3 is 4.74 Å². The molecule has 2 aromatic heterocycles. The van der Waals surface area contributed by atoms with Crippen LogP contribution >= 0.6 is 22.9 Å². The van der Waals surface area contributed by atoms with E-state index in [9.17, 15) is 0 Å². The number of ether oxygens (including phenoxy) is 1. The molecule has 0 fully saturated rings. The third kappa shape index (κ3) is 2.49. The maximum Gasteiger partial charge on any atom is 0.163 e. The third-order valence-corrected chi connectivity index (χ3v) is 4.97. The minimum absolute atomic E-state index is 0.474. The molecule has 5 heteroatoms. The van der Waals surface area contributed by atoms with Gasteiger partial charge >= 0.3 is 0 Å². The molecule has 0 aliphatic heterocycles. The zero-order valence-corrected chi connectivity index (χ0v) is 13.6. The largest absolute Gasteiger partial charge is 0.368 e. The van der Waals surface area contributed by atoms with Crippen molar-refractivity contribution >= 4 is 33.2 Å². The van der Waals surface area contributed by atoms with E-state index in [4.69, 9.17) is 16.3 Å². The number of aromatic nitrogens is 2. The molecule has 0 radical (unpaired) electrons. The van der Waals surface area contributed by atoms with E-state index in [2.05, 4.69) is 30.7 Å². The standard InChI is InChI=1S/C14H19ClN2OS/c1-6-14(5,18-7-2)13-16-11(15)10-8(3)9(4)19-12(10)17-13/h6-7H2,1-5H3. The zero-order valence-electron chi connectivity index (χ0n) is 12.0. The van der Waals surface area contributed by atoms with E-state index in [0.29, 0.717) is 17.6 Å². The molecule has 0 aromatic carbocycles. The number of aryl methyl sites for hydroxylation is 2. The lowest BCUT2D eigenvalue weighted by Gasteiger charge is -2.26. The summed E-state index contributed by atoms with van der Waals surface area (Å²) in [5.41, 5.74) is 0.699. The molecule has 1 atom stereocenters. The second kappa shape index (κ2) is 5.35. The predicted molar refractivity (Wildman–Crippen MR) is 81.2 cm³/mol. The summed E-state index contributed by atoms with van der Waals surface area (Å²) in [6.07, 6.45) is 0.812. The molecule has 2 aromatic rings. The molecule has 2 heterocycles. The maximum atomic E-state index is 6.34. The van der Waals surface area contributed by atoms with Gasteiger partial charge in [0.2, 0.25) is 0 Å². The van der Waals surface area contributed by atoms with Gasteiger partial charge in [-0.25, -0.2) is 9.97 Å². The molecule has 0 aliphatic carbocycles. The number of hydrogen-bond acceptors (Lipinski definition) is 4. The van der Waals surface area contributed by atoms with Gasteiger partial charge in [-0.3, -0.25) is 0 Å². The lowest BCUT2D eigenvalue weighted by Crippen LogP contribution is -2.27. The van der Waals surface area contributed by atoms with Crippen molar-refractivity contribution in [2.75, 3.05) is 6.61 Å². The Morgan fingerprint density at radius 1 is 1.26 bits per heavy atom. The molecule has 3 nitrogen and oxygen atoms in total. The van der Waals surface area contributed by atoms with E-state index in [1.807, 2.05) is 13.8 Å². The number of fused-ring (bicyclic) bond motifs is 1. The van der Waals surface area contributed by atoms with E-state index in [1.54, 1.807) is 11.3 Å². The fourth-order valence-corrected chi connectivity index (χ4v) is 3.48. The molecule has 1 unspecified atom stereocenters. The Morgan fingerprint density at radius 2 is 1.95 bits per heavy atom. The summed E-state index contributed by atoms with van der Waals surface area (Å²) in [6, 6.07) is 0. The summed E-state index contributed by atoms with van der Waals surface area (Å²) in [5, 5.41) is 1.50.